The van der Waals surface area contributed by atoms with E-state index in [1.807, 2.05) is 6.07 Å². The van der Waals surface area contributed by atoms with Crippen molar-refractivity contribution in [3.05, 3.63) is 53.3 Å². The van der Waals surface area contributed by atoms with Gasteiger partial charge in [-0.05, 0) is 41.8 Å². The zero-order chi connectivity index (χ0) is 16.5. The van der Waals surface area contributed by atoms with Gasteiger partial charge in [0.25, 0.3) is 0 Å². The fourth-order valence-corrected chi connectivity index (χ4v) is 3.28. The molecule has 1 aliphatic heterocycles. The van der Waals surface area contributed by atoms with Crippen LogP contribution in [0.2, 0.25) is 5.28 Å². The van der Waals surface area contributed by atoms with E-state index in [2.05, 4.69) is 58.2 Å². The molecule has 0 amide bonds. The van der Waals surface area contributed by atoms with Crippen molar-refractivity contribution in [2.24, 2.45) is 0 Å². The molecule has 0 aliphatic carbocycles. The van der Waals surface area contributed by atoms with E-state index in [1.54, 1.807) is 0 Å². The van der Waals surface area contributed by atoms with Crippen LogP contribution in [0.25, 0.3) is 22.0 Å². The summed E-state index contributed by atoms with van der Waals surface area (Å²) in [7, 11) is 0. The molecule has 1 aliphatic rings. The number of halogens is 1. The predicted molar refractivity (Wildman–Crippen MR) is 97.8 cm³/mol. The number of morpholine rings is 1. The highest BCUT2D eigenvalue weighted by molar-refractivity contribution is 6.28. The van der Waals surface area contributed by atoms with Crippen molar-refractivity contribution in [3.63, 3.8) is 0 Å². The average Bonchev–Trinajstić information content (AvgIpc) is 2.61. The highest BCUT2D eigenvalue weighted by atomic mass is 35.5. The highest BCUT2D eigenvalue weighted by Gasteiger charge is 2.17. The Bertz CT molecular complexity index is 891. The van der Waals surface area contributed by atoms with Gasteiger partial charge in [-0.25, -0.2) is 4.98 Å². The van der Waals surface area contributed by atoms with Crippen molar-refractivity contribution in [3.8, 4) is 11.1 Å². The molecule has 0 unspecified atom stereocenters. The molecule has 1 fully saturated rings. The van der Waals surface area contributed by atoms with Crippen molar-refractivity contribution in [2.45, 2.75) is 6.92 Å². The van der Waals surface area contributed by atoms with Crippen LogP contribution in [0.1, 0.15) is 5.56 Å². The van der Waals surface area contributed by atoms with E-state index in [1.165, 1.54) is 11.1 Å². The molecule has 1 aromatic heterocycles. The smallest absolute Gasteiger partial charge is 0.224 e. The van der Waals surface area contributed by atoms with Crippen molar-refractivity contribution in [2.75, 3.05) is 31.2 Å². The third-order valence-electron chi connectivity index (χ3n) is 4.31. The minimum atomic E-state index is 0.285. The Morgan fingerprint density at radius 1 is 1.00 bits per heavy atom. The number of fused-ring (bicyclic) bond motifs is 1. The van der Waals surface area contributed by atoms with Gasteiger partial charge in [-0.1, -0.05) is 35.9 Å². The molecule has 3 aromatic rings. The van der Waals surface area contributed by atoms with Crippen LogP contribution in [0, 0.1) is 6.92 Å². The zero-order valence-electron chi connectivity index (χ0n) is 13.5. The van der Waals surface area contributed by atoms with Gasteiger partial charge in [-0.15, -0.1) is 0 Å². The summed E-state index contributed by atoms with van der Waals surface area (Å²) in [6.07, 6.45) is 0. The Morgan fingerprint density at radius 3 is 2.58 bits per heavy atom. The van der Waals surface area contributed by atoms with Gasteiger partial charge in [0.2, 0.25) is 5.28 Å². The quantitative estimate of drug-likeness (QED) is 0.659. The molecule has 24 heavy (non-hydrogen) atoms. The first-order valence-electron chi connectivity index (χ1n) is 8.08. The van der Waals surface area contributed by atoms with Gasteiger partial charge in [0.05, 0.1) is 18.7 Å². The third kappa shape index (κ3) is 2.95. The number of nitrogens with zero attached hydrogens (tertiary/aromatic N) is 3. The SMILES string of the molecule is Cc1cccc(-c2ccc3nc(Cl)nc(N4CCOCC4)c3c2)c1. The van der Waals surface area contributed by atoms with Gasteiger partial charge in [0.15, 0.2) is 0 Å². The molecular weight excluding hydrogens is 322 g/mol. The van der Waals surface area contributed by atoms with Gasteiger partial charge in [0.1, 0.15) is 5.82 Å². The minimum Gasteiger partial charge on any atom is -0.378 e. The minimum absolute atomic E-state index is 0.285. The summed E-state index contributed by atoms with van der Waals surface area (Å²) in [5.41, 5.74) is 4.47. The van der Waals surface area contributed by atoms with Crippen LogP contribution in [0.15, 0.2) is 42.5 Å². The van der Waals surface area contributed by atoms with Crippen molar-refractivity contribution < 1.29 is 4.74 Å². The second-order valence-corrected chi connectivity index (χ2v) is 6.36. The molecule has 0 radical (unpaired) electrons. The first-order chi connectivity index (χ1) is 11.7. The summed E-state index contributed by atoms with van der Waals surface area (Å²) in [4.78, 5) is 11.1. The second-order valence-electron chi connectivity index (χ2n) is 6.02. The molecule has 0 saturated carbocycles. The van der Waals surface area contributed by atoms with Gasteiger partial charge in [-0.3, -0.25) is 0 Å². The molecule has 122 valence electrons. The van der Waals surface area contributed by atoms with Crippen LogP contribution in [-0.4, -0.2) is 36.3 Å². The summed E-state index contributed by atoms with van der Waals surface area (Å²) in [6.45, 7) is 5.15. The molecular formula is C19H18ClN3O. The largest absolute Gasteiger partial charge is 0.378 e. The predicted octanol–water partition coefficient (Wildman–Crippen LogP) is 4.10. The highest BCUT2D eigenvalue weighted by Crippen LogP contribution is 2.30. The number of hydrogen-bond acceptors (Lipinski definition) is 4. The first-order valence-corrected chi connectivity index (χ1v) is 8.45. The lowest BCUT2D eigenvalue weighted by Crippen LogP contribution is -2.37. The number of hydrogen-bond donors (Lipinski definition) is 0. The lowest BCUT2D eigenvalue weighted by molar-refractivity contribution is 0.122. The van der Waals surface area contributed by atoms with Gasteiger partial charge in [-0.2, -0.15) is 4.98 Å². The van der Waals surface area contributed by atoms with Crippen LogP contribution < -0.4 is 4.90 Å². The molecule has 5 heteroatoms. The van der Waals surface area contributed by atoms with Gasteiger partial charge >= 0.3 is 0 Å². The maximum Gasteiger partial charge on any atom is 0.224 e. The lowest BCUT2D eigenvalue weighted by atomic mass is 10.0. The number of aromatic nitrogens is 2. The Morgan fingerprint density at radius 2 is 1.79 bits per heavy atom. The molecule has 0 bridgehead atoms. The van der Waals surface area contributed by atoms with E-state index in [-0.39, 0.29) is 5.28 Å². The topological polar surface area (TPSA) is 38.2 Å². The normalized spacial score (nSPS) is 15.0. The van der Waals surface area contributed by atoms with E-state index in [9.17, 15) is 0 Å². The zero-order valence-corrected chi connectivity index (χ0v) is 14.3. The number of aryl methyl sites for hydroxylation is 1. The first kappa shape index (κ1) is 15.4. The molecule has 1 saturated heterocycles. The van der Waals surface area contributed by atoms with Gasteiger partial charge < -0.3 is 9.64 Å². The van der Waals surface area contributed by atoms with Crippen molar-refractivity contribution in [1.82, 2.24) is 9.97 Å². The van der Waals surface area contributed by atoms with Crippen LogP contribution >= 0.6 is 11.6 Å². The summed E-state index contributed by atoms with van der Waals surface area (Å²) >= 11 is 6.14. The fourth-order valence-electron chi connectivity index (χ4n) is 3.11. The van der Waals surface area contributed by atoms with Gasteiger partial charge in [0, 0.05) is 18.5 Å². The summed E-state index contributed by atoms with van der Waals surface area (Å²) in [5, 5.41) is 1.31. The molecule has 2 heterocycles. The number of anilines is 1. The monoisotopic (exact) mass is 339 g/mol. The van der Waals surface area contributed by atoms with E-state index in [0.29, 0.717) is 13.2 Å². The molecule has 4 rings (SSSR count). The van der Waals surface area contributed by atoms with Crippen LogP contribution in [0.5, 0.6) is 0 Å². The lowest BCUT2D eigenvalue weighted by Gasteiger charge is -2.28. The van der Waals surface area contributed by atoms with Crippen molar-refractivity contribution in [1.29, 1.82) is 0 Å². The van der Waals surface area contributed by atoms with E-state index in [0.717, 1.165) is 35.4 Å². The summed E-state index contributed by atoms with van der Waals surface area (Å²) in [6, 6.07) is 14.8. The molecule has 0 spiro atoms. The maximum absolute atomic E-state index is 6.14. The van der Waals surface area contributed by atoms with Crippen molar-refractivity contribution >= 4 is 28.3 Å². The average molecular weight is 340 g/mol. The van der Waals surface area contributed by atoms with Crippen LogP contribution in [-0.2, 0) is 4.74 Å². The van der Waals surface area contributed by atoms with Crippen LogP contribution in [0.4, 0.5) is 5.82 Å². The number of benzene rings is 2. The van der Waals surface area contributed by atoms with Crippen LogP contribution in [0.3, 0.4) is 0 Å². The molecule has 0 atom stereocenters. The Labute approximate surface area is 146 Å². The van der Waals surface area contributed by atoms with E-state index < -0.39 is 0 Å². The fraction of sp³-hybridized carbons (Fsp3) is 0.263. The Kier molecular flexibility index (Phi) is 4.08. The third-order valence-corrected chi connectivity index (χ3v) is 4.48. The molecule has 4 nitrogen and oxygen atoms in total. The van der Waals surface area contributed by atoms with E-state index >= 15 is 0 Å². The summed E-state index contributed by atoms with van der Waals surface area (Å²) in [5.74, 6) is 0.891. The Hall–Kier alpha value is -2.17. The molecule has 2 aromatic carbocycles. The maximum atomic E-state index is 6.14. The Balaban J connectivity index is 1.86. The van der Waals surface area contributed by atoms with E-state index in [4.69, 9.17) is 16.3 Å². The number of rotatable bonds is 2. The summed E-state index contributed by atoms with van der Waals surface area (Å²) < 4.78 is 5.45. The molecule has 0 N–H and O–H groups in total. The number of ether oxygens (including phenoxy) is 1. The standard InChI is InChI=1S/C19H18ClN3O/c1-13-3-2-4-14(11-13)15-5-6-17-16(12-15)18(22-19(20)21-17)23-7-9-24-10-8-23/h2-6,11-12H,7-10H2,1H3. The second kappa shape index (κ2) is 6.38.